The van der Waals surface area contributed by atoms with Crippen LogP contribution in [0, 0.1) is 18.6 Å². The lowest BCUT2D eigenvalue weighted by atomic mass is 10.0. The molecule has 8 heterocycles. The lowest BCUT2D eigenvalue weighted by Crippen LogP contribution is -2.44. The highest BCUT2D eigenvalue weighted by molar-refractivity contribution is 5.98. The zero-order valence-electron chi connectivity index (χ0n) is 41.9. The van der Waals surface area contributed by atoms with Crippen LogP contribution >= 0.6 is 0 Å². The summed E-state index contributed by atoms with van der Waals surface area (Å²) in [7, 11) is 8.13. The normalized spacial score (nSPS) is 14.7. The standard InChI is InChI=1S/C27H31FN8.C25H26FN7.C2H6/c1-17-23(36-12-10-35(5)11-13-36)8-9-30-27(17)31-18(2)26-24-22(32-33-26)7-6-21(25(24)28)19-14-20(34(3)4)16-29-15-19;1-4-6-7-16(5-2)17-8-9-18-20(21(17)26)23(31-30-18)25-28-22-19(10-11-27-24(22)29-25)33-14-12-32(3)13-15-33;1-2/h6-9,14-16H,2,10-13H2,1,3-5H3,(H,30,31)(H,32,33);4-11H,1,12-15H2,2-3H3,(H,30,31)(H,27,28,29);1-2H3/b;7-6-,16-5+;. The van der Waals surface area contributed by atoms with Gasteiger partial charge in [0, 0.05) is 113 Å². The number of nitrogens with zero attached hydrogens (tertiary/aromatic N) is 11. The molecule has 8 aromatic rings. The van der Waals surface area contributed by atoms with Gasteiger partial charge in [0.15, 0.2) is 11.5 Å². The van der Waals surface area contributed by atoms with E-state index in [1.165, 1.54) is 0 Å². The van der Waals surface area contributed by atoms with Gasteiger partial charge in [0.05, 0.1) is 45.1 Å². The third kappa shape index (κ3) is 10.3. The fraction of sp³-hybridized carbons (Fsp3) is 0.296. The molecule has 71 heavy (non-hydrogen) atoms. The summed E-state index contributed by atoms with van der Waals surface area (Å²) >= 11 is 0. The lowest BCUT2D eigenvalue weighted by molar-refractivity contribution is 0.312. The maximum atomic E-state index is 15.9. The molecule has 10 rings (SSSR count). The number of fused-ring (bicyclic) bond motifs is 3. The Morgan fingerprint density at radius 2 is 1.45 bits per heavy atom. The second-order valence-corrected chi connectivity index (χ2v) is 17.6. The van der Waals surface area contributed by atoms with Crippen LogP contribution in [0.3, 0.4) is 0 Å². The number of benzene rings is 2. The summed E-state index contributed by atoms with van der Waals surface area (Å²) in [6.07, 6.45) is 14.2. The van der Waals surface area contributed by atoms with E-state index in [1.54, 1.807) is 49.1 Å². The molecule has 4 N–H and O–H groups in total. The second-order valence-electron chi connectivity index (χ2n) is 17.6. The molecule has 368 valence electrons. The van der Waals surface area contributed by atoms with Crippen molar-refractivity contribution in [2.75, 3.05) is 101 Å². The van der Waals surface area contributed by atoms with Crippen LogP contribution in [-0.4, -0.2) is 136 Å². The Kier molecular flexibility index (Phi) is 15.3. The molecule has 0 aliphatic carbocycles. The van der Waals surface area contributed by atoms with Crippen LogP contribution in [0.25, 0.3) is 66.9 Å². The number of nitrogens with one attached hydrogen (secondary N) is 4. The summed E-state index contributed by atoms with van der Waals surface area (Å²) in [6, 6.07) is 13.1. The fourth-order valence-corrected chi connectivity index (χ4v) is 8.88. The van der Waals surface area contributed by atoms with Gasteiger partial charge in [-0.15, -0.1) is 0 Å². The fourth-order valence-electron chi connectivity index (χ4n) is 8.88. The van der Waals surface area contributed by atoms with E-state index >= 15 is 8.78 Å². The summed E-state index contributed by atoms with van der Waals surface area (Å²) in [6.45, 7) is 23.6. The van der Waals surface area contributed by atoms with E-state index in [0.717, 1.165) is 86.1 Å². The minimum atomic E-state index is -0.368. The van der Waals surface area contributed by atoms with Crippen LogP contribution in [0.5, 0.6) is 0 Å². The highest BCUT2D eigenvalue weighted by atomic mass is 19.1. The van der Waals surface area contributed by atoms with Crippen LogP contribution < -0.4 is 20.0 Å². The Morgan fingerprint density at radius 1 is 0.803 bits per heavy atom. The minimum Gasteiger partial charge on any atom is -0.376 e. The van der Waals surface area contributed by atoms with Crippen LogP contribution in [0.15, 0.2) is 105 Å². The van der Waals surface area contributed by atoms with E-state index in [9.17, 15) is 0 Å². The number of allylic oxidation sites excluding steroid dienone is 5. The largest absolute Gasteiger partial charge is 0.376 e. The van der Waals surface area contributed by atoms with Crippen LogP contribution in [0.4, 0.5) is 31.7 Å². The van der Waals surface area contributed by atoms with Crippen molar-refractivity contribution in [2.45, 2.75) is 27.7 Å². The predicted octanol–water partition coefficient (Wildman–Crippen LogP) is 9.93. The smallest absolute Gasteiger partial charge is 0.180 e. The van der Waals surface area contributed by atoms with Gasteiger partial charge in [-0.3, -0.25) is 15.2 Å². The average molecular weight is 960 g/mol. The van der Waals surface area contributed by atoms with Gasteiger partial charge in [-0.25, -0.2) is 23.7 Å². The Labute approximate surface area is 413 Å². The summed E-state index contributed by atoms with van der Waals surface area (Å²) in [5.74, 6) is 0.468. The first-order valence-corrected chi connectivity index (χ1v) is 24.0. The zero-order chi connectivity index (χ0) is 50.3. The second kappa shape index (κ2) is 21.9. The summed E-state index contributed by atoms with van der Waals surface area (Å²) in [5.41, 5.74) is 10.5. The number of likely N-dealkylation sites (N-methyl/N-ethyl adjacent to an activating group) is 2. The Bertz CT molecular complexity index is 3240. The number of hydrogen-bond donors (Lipinski definition) is 4. The van der Waals surface area contributed by atoms with Gasteiger partial charge in [-0.05, 0) is 76.0 Å². The molecular weight excluding hydrogens is 897 g/mol. The van der Waals surface area contributed by atoms with Crippen molar-refractivity contribution in [3.8, 4) is 22.6 Å². The first-order chi connectivity index (χ1) is 34.4. The van der Waals surface area contributed by atoms with Crippen molar-refractivity contribution in [3.05, 3.63) is 133 Å². The van der Waals surface area contributed by atoms with Crippen molar-refractivity contribution in [2.24, 2.45) is 0 Å². The molecule has 0 unspecified atom stereocenters. The zero-order valence-corrected chi connectivity index (χ0v) is 41.9. The van der Waals surface area contributed by atoms with Gasteiger partial charge < -0.3 is 34.8 Å². The van der Waals surface area contributed by atoms with Gasteiger partial charge >= 0.3 is 0 Å². The minimum absolute atomic E-state index is 0.342. The molecule has 2 fully saturated rings. The average Bonchev–Trinajstić information content (AvgIpc) is 4.15. The van der Waals surface area contributed by atoms with E-state index in [4.69, 9.17) is 0 Å². The molecule has 2 aliphatic rings. The first-order valence-electron chi connectivity index (χ1n) is 24.0. The topological polar surface area (TPSA) is 153 Å². The number of pyridine rings is 3. The van der Waals surface area contributed by atoms with E-state index in [2.05, 4.69) is 97.5 Å². The quantitative estimate of drug-likeness (QED) is 0.0914. The van der Waals surface area contributed by atoms with E-state index in [0.29, 0.717) is 72.9 Å². The molecule has 0 amide bonds. The summed E-state index contributed by atoms with van der Waals surface area (Å²) in [4.78, 5) is 32.6. The highest BCUT2D eigenvalue weighted by Crippen LogP contribution is 2.36. The molecule has 2 saturated heterocycles. The Hall–Kier alpha value is -7.76. The number of piperazine rings is 2. The maximum Gasteiger partial charge on any atom is 0.180 e. The van der Waals surface area contributed by atoms with Crippen molar-refractivity contribution in [1.82, 2.24) is 55.1 Å². The van der Waals surface area contributed by atoms with E-state index in [1.807, 2.05) is 89.2 Å². The Balaban J connectivity index is 0.000000185. The van der Waals surface area contributed by atoms with Crippen LogP contribution in [0.2, 0.25) is 0 Å². The monoisotopic (exact) mass is 960 g/mol. The molecule has 17 heteroatoms. The number of anilines is 4. The number of H-pyrrole nitrogens is 3. The number of halogens is 2. The van der Waals surface area contributed by atoms with Gasteiger partial charge in [0.2, 0.25) is 0 Å². The van der Waals surface area contributed by atoms with E-state index < -0.39 is 0 Å². The molecule has 0 radical (unpaired) electrons. The summed E-state index contributed by atoms with van der Waals surface area (Å²) < 4.78 is 31.6. The first kappa shape index (κ1) is 49.7. The number of rotatable bonds is 11. The maximum absolute atomic E-state index is 15.9. The number of imidazole rings is 1. The molecule has 0 bridgehead atoms. The van der Waals surface area contributed by atoms with Gasteiger partial charge in [0.25, 0.3) is 0 Å². The lowest BCUT2D eigenvalue weighted by Gasteiger charge is -2.35. The molecule has 0 spiro atoms. The van der Waals surface area contributed by atoms with Crippen molar-refractivity contribution in [3.63, 3.8) is 0 Å². The van der Waals surface area contributed by atoms with Gasteiger partial charge in [-0.1, -0.05) is 51.3 Å². The van der Waals surface area contributed by atoms with Crippen LogP contribution in [0.1, 0.15) is 37.6 Å². The SMILES string of the molecule is C=C(Nc1nccc(N2CCN(C)CC2)c1C)c1n[nH]c2ccc(-c3cncc(N(C)C)c3)c(F)c12.C=C/C=C\C(=C/C)c1ccc2[nH]nc(-c3nc4nccc(N5CCN(C)CC5)c4[nH]3)c2c1F.CC. The molecular formula is C54H63F2N15. The number of aromatic nitrogens is 9. The predicted molar refractivity (Wildman–Crippen MR) is 288 cm³/mol. The van der Waals surface area contributed by atoms with Gasteiger partial charge in [0.1, 0.15) is 34.4 Å². The molecule has 0 atom stereocenters. The molecule has 15 nitrogen and oxygen atoms in total. The number of aromatic amines is 3. The van der Waals surface area contributed by atoms with Crippen molar-refractivity contribution in [1.29, 1.82) is 0 Å². The van der Waals surface area contributed by atoms with Crippen LogP contribution in [-0.2, 0) is 0 Å². The number of hydrogen-bond acceptors (Lipinski definition) is 12. The molecule has 6 aromatic heterocycles. The highest BCUT2D eigenvalue weighted by Gasteiger charge is 2.24. The van der Waals surface area contributed by atoms with Crippen molar-refractivity contribution < 1.29 is 8.78 Å². The molecule has 2 aromatic carbocycles. The third-order valence-corrected chi connectivity index (χ3v) is 12.9. The van der Waals surface area contributed by atoms with E-state index in [-0.39, 0.29) is 11.6 Å². The summed E-state index contributed by atoms with van der Waals surface area (Å²) in [5, 5.41) is 18.7. The molecule has 2 aliphatic heterocycles. The molecule has 0 saturated carbocycles. The Morgan fingerprint density at radius 3 is 2.14 bits per heavy atom. The van der Waals surface area contributed by atoms with Crippen molar-refractivity contribution >= 4 is 67.1 Å². The van der Waals surface area contributed by atoms with Gasteiger partial charge in [-0.2, -0.15) is 10.2 Å². The third-order valence-electron chi connectivity index (χ3n) is 12.9.